The highest BCUT2D eigenvalue weighted by Gasteiger charge is 2.09. The fourth-order valence-electron chi connectivity index (χ4n) is 0.893. The minimum absolute atomic E-state index is 0.293. The van der Waals surface area contributed by atoms with Crippen molar-refractivity contribution in [2.75, 3.05) is 6.61 Å². The molecule has 0 heterocycles. The van der Waals surface area contributed by atoms with Crippen molar-refractivity contribution in [2.24, 2.45) is 0 Å². The van der Waals surface area contributed by atoms with Crippen LogP contribution in [0.15, 0.2) is 41.4 Å². The van der Waals surface area contributed by atoms with Crippen LogP contribution in [-0.2, 0) is 4.74 Å². The topological polar surface area (TPSA) is 26.3 Å². The minimum atomic E-state index is -1.32. The van der Waals surface area contributed by atoms with Gasteiger partial charge in [0.1, 0.15) is 6.61 Å². The lowest BCUT2D eigenvalue weighted by molar-refractivity contribution is 0.0437. The molecule has 15 heavy (non-hydrogen) atoms. The van der Waals surface area contributed by atoms with E-state index in [9.17, 15) is 9.18 Å². The van der Waals surface area contributed by atoms with Crippen LogP contribution < -0.4 is 0 Å². The fraction of sp³-hybridized carbons (Fsp3) is 0.182. The molecule has 0 N–H and O–H groups in total. The SMILES string of the molecule is C=CC(F)COC(=O)c1ccc(Br)cc1. The lowest BCUT2D eigenvalue weighted by Crippen LogP contribution is -2.13. The van der Waals surface area contributed by atoms with Crippen molar-refractivity contribution in [3.63, 3.8) is 0 Å². The van der Waals surface area contributed by atoms with Gasteiger partial charge in [-0.3, -0.25) is 0 Å². The van der Waals surface area contributed by atoms with E-state index in [1.165, 1.54) is 0 Å². The normalized spacial score (nSPS) is 11.9. The molecule has 80 valence electrons. The second-order valence-corrected chi connectivity index (χ2v) is 3.77. The van der Waals surface area contributed by atoms with Gasteiger partial charge in [0.2, 0.25) is 0 Å². The summed E-state index contributed by atoms with van der Waals surface area (Å²) >= 11 is 3.24. The van der Waals surface area contributed by atoms with E-state index in [1.807, 2.05) is 0 Å². The summed E-state index contributed by atoms with van der Waals surface area (Å²) in [6.07, 6.45) is -0.223. The third-order valence-corrected chi connectivity index (χ3v) is 2.24. The van der Waals surface area contributed by atoms with Gasteiger partial charge in [-0.1, -0.05) is 22.0 Å². The molecule has 0 aliphatic heterocycles. The Labute approximate surface area is 95.9 Å². The zero-order valence-corrected chi connectivity index (χ0v) is 9.54. The molecule has 0 bridgehead atoms. The molecule has 0 radical (unpaired) electrons. The number of alkyl halides is 1. The smallest absolute Gasteiger partial charge is 0.338 e. The Kier molecular flexibility index (Phi) is 4.49. The van der Waals surface area contributed by atoms with Gasteiger partial charge in [-0.25, -0.2) is 9.18 Å². The van der Waals surface area contributed by atoms with Crippen molar-refractivity contribution in [3.8, 4) is 0 Å². The molecule has 0 saturated heterocycles. The Morgan fingerprint density at radius 3 is 2.67 bits per heavy atom. The van der Waals surface area contributed by atoms with Gasteiger partial charge in [-0.05, 0) is 24.3 Å². The van der Waals surface area contributed by atoms with Gasteiger partial charge >= 0.3 is 5.97 Å². The largest absolute Gasteiger partial charge is 0.459 e. The third-order valence-electron chi connectivity index (χ3n) is 1.71. The standard InChI is InChI=1S/C11H10BrFO2/c1-2-10(13)7-15-11(14)8-3-5-9(12)6-4-8/h2-6,10H,1,7H2. The first-order chi connectivity index (χ1) is 7.13. The van der Waals surface area contributed by atoms with Crippen LogP contribution in [0.25, 0.3) is 0 Å². The summed E-state index contributed by atoms with van der Waals surface area (Å²) in [5.41, 5.74) is 0.398. The number of halogens is 2. The summed E-state index contributed by atoms with van der Waals surface area (Å²) in [7, 11) is 0. The molecular weight excluding hydrogens is 263 g/mol. The van der Waals surface area contributed by atoms with Crippen LogP contribution in [0, 0.1) is 0 Å². The van der Waals surface area contributed by atoms with Gasteiger partial charge in [-0.2, -0.15) is 0 Å². The monoisotopic (exact) mass is 272 g/mol. The number of carbonyl (C=O) groups excluding carboxylic acids is 1. The second-order valence-electron chi connectivity index (χ2n) is 2.86. The summed E-state index contributed by atoms with van der Waals surface area (Å²) in [5, 5.41) is 0. The van der Waals surface area contributed by atoms with Gasteiger partial charge in [0.15, 0.2) is 6.17 Å². The molecule has 0 aliphatic carbocycles. The van der Waals surface area contributed by atoms with Crippen molar-refractivity contribution in [1.82, 2.24) is 0 Å². The van der Waals surface area contributed by atoms with E-state index in [4.69, 9.17) is 4.74 Å². The number of ether oxygens (including phenoxy) is 1. The van der Waals surface area contributed by atoms with Crippen LogP contribution >= 0.6 is 15.9 Å². The van der Waals surface area contributed by atoms with Gasteiger partial charge < -0.3 is 4.74 Å². The van der Waals surface area contributed by atoms with Gasteiger partial charge in [-0.15, -0.1) is 6.58 Å². The molecule has 1 rings (SSSR count). The van der Waals surface area contributed by atoms with Crippen LogP contribution in [0.2, 0.25) is 0 Å². The van der Waals surface area contributed by atoms with Gasteiger partial charge in [0.05, 0.1) is 5.56 Å². The molecular formula is C11H10BrFO2. The van der Waals surface area contributed by atoms with E-state index in [-0.39, 0.29) is 6.61 Å². The molecule has 1 atom stereocenters. The average Bonchev–Trinajstić information content (AvgIpc) is 2.26. The predicted molar refractivity (Wildman–Crippen MR) is 59.5 cm³/mol. The van der Waals surface area contributed by atoms with E-state index in [2.05, 4.69) is 22.5 Å². The molecule has 0 saturated carbocycles. The van der Waals surface area contributed by atoms with Crippen LogP contribution in [0.3, 0.4) is 0 Å². The number of rotatable bonds is 4. The van der Waals surface area contributed by atoms with E-state index < -0.39 is 12.1 Å². The first-order valence-electron chi connectivity index (χ1n) is 4.33. The summed E-state index contributed by atoms with van der Waals surface area (Å²) in [6.45, 7) is 2.96. The molecule has 0 aliphatic rings. The molecule has 0 amide bonds. The van der Waals surface area contributed by atoms with Crippen molar-refractivity contribution in [3.05, 3.63) is 47.0 Å². The maximum absolute atomic E-state index is 12.7. The van der Waals surface area contributed by atoms with Crippen molar-refractivity contribution >= 4 is 21.9 Å². The minimum Gasteiger partial charge on any atom is -0.459 e. The Hall–Kier alpha value is -1.16. The third kappa shape index (κ3) is 3.83. The molecule has 1 unspecified atom stereocenters. The van der Waals surface area contributed by atoms with Crippen LogP contribution in [-0.4, -0.2) is 18.7 Å². The number of benzene rings is 1. The Morgan fingerprint density at radius 1 is 1.53 bits per heavy atom. The van der Waals surface area contributed by atoms with E-state index in [1.54, 1.807) is 24.3 Å². The highest BCUT2D eigenvalue weighted by Crippen LogP contribution is 2.11. The first-order valence-corrected chi connectivity index (χ1v) is 5.12. The highest BCUT2D eigenvalue weighted by atomic mass is 79.9. The van der Waals surface area contributed by atoms with Crippen molar-refractivity contribution < 1.29 is 13.9 Å². The van der Waals surface area contributed by atoms with Crippen molar-refractivity contribution in [2.45, 2.75) is 6.17 Å². The van der Waals surface area contributed by atoms with Crippen molar-refractivity contribution in [1.29, 1.82) is 0 Å². The summed E-state index contributed by atoms with van der Waals surface area (Å²) in [4.78, 5) is 11.3. The van der Waals surface area contributed by atoms with E-state index in [0.29, 0.717) is 5.56 Å². The number of hydrogen-bond donors (Lipinski definition) is 0. The first kappa shape index (κ1) is 11.9. The lowest BCUT2D eigenvalue weighted by atomic mass is 10.2. The molecule has 2 nitrogen and oxygen atoms in total. The van der Waals surface area contributed by atoms with Gasteiger partial charge in [0.25, 0.3) is 0 Å². The van der Waals surface area contributed by atoms with Crippen LogP contribution in [0.1, 0.15) is 10.4 Å². The van der Waals surface area contributed by atoms with Gasteiger partial charge in [0, 0.05) is 4.47 Å². The quantitative estimate of drug-likeness (QED) is 0.622. The summed E-state index contributed by atoms with van der Waals surface area (Å²) in [6, 6.07) is 6.65. The molecule has 0 aromatic heterocycles. The van der Waals surface area contributed by atoms with Crippen LogP contribution in [0.4, 0.5) is 4.39 Å². The fourth-order valence-corrected chi connectivity index (χ4v) is 1.16. The Bertz CT molecular complexity index is 348. The molecule has 0 spiro atoms. The van der Waals surface area contributed by atoms with E-state index >= 15 is 0 Å². The molecule has 4 heteroatoms. The van der Waals surface area contributed by atoms with Crippen LogP contribution in [0.5, 0.6) is 0 Å². The molecule has 1 aromatic carbocycles. The molecule has 1 aromatic rings. The molecule has 0 fully saturated rings. The lowest BCUT2D eigenvalue weighted by Gasteiger charge is -2.05. The Morgan fingerprint density at radius 2 is 2.13 bits per heavy atom. The maximum Gasteiger partial charge on any atom is 0.338 e. The summed E-state index contributed by atoms with van der Waals surface area (Å²) < 4.78 is 18.3. The number of hydrogen-bond acceptors (Lipinski definition) is 2. The second kappa shape index (κ2) is 5.66. The number of esters is 1. The maximum atomic E-state index is 12.7. The highest BCUT2D eigenvalue weighted by molar-refractivity contribution is 9.10. The predicted octanol–water partition coefficient (Wildman–Crippen LogP) is 3.13. The average molecular weight is 273 g/mol. The Balaban J connectivity index is 2.54. The summed E-state index contributed by atoms with van der Waals surface area (Å²) in [5.74, 6) is -0.535. The zero-order chi connectivity index (χ0) is 11.3. The number of carbonyl (C=O) groups is 1. The van der Waals surface area contributed by atoms with E-state index in [0.717, 1.165) is 10.5 Å². The zero-order valence-electron chi connectivity index (χ0n) is 7.95.